The number of hydrogen-bond donors (Lipinski definition) is 1. The summed E-state index contributed by atoms with van der Waals surface area (Å²) in [7, 11) is 0. The van der Waals surface area contributed by atoms with E-state index in [-0.39, 0.29) is 17.2 Å². The van der Waals surface area contributed by atoms with Crippen LogP contribution in [-0.2, 0) is 21.4 Å². The van der Waals surface area contributed by atoms with E-state index in [9.17, 15) is 9.59 Å². The molecule has 2 amide bonds. The minimum Gasteiger partial charge on any atom is -0.354 e. The van der Waals surface area contributed by atoms with E-state index in [1.165, 1.54) is 17.5 Å². The number of amides is 2. The lowest BCUT2D eigenvalue weighted by atomic mass is 9.64. The summed E-state index contributed by atoms with van der Waals surface area (Å²) in [5.74, 6) is 0.254. The van der Waals surface area contributed by atoms with Gasteiger partial charge in [0.05, 0.1) is 13.0 Å². The van der Waals surface area contributed by atoms with Gasteiger partial charge in [0.25, 0.3) is 0 Å². The highest BCUT2D eigenvalue weighted by Gasteiger charge is 2.38. The molecule has 0 bridgehead atoms. The van der Waals surface area contributed by atoms with Crippen molar-refractivity contribution in [2.24, 2.45) is 0 Å². The normalized spacial score (nSPS) is 18.3. The van der Waals surface area contributed by atoms with Gasteiger partial charge in [0.1, 0.15) is 0 Å². The monoisotopic (exact) mass is 419 g/mol. The van der Waals surface area contributed by atoms with Crippen molar-refractivity contribution in [3.05, 3.63) is 71.3 Å². The zero-order valence-corrected chi connectivity index (χ0v) is 18.5. The van der Waals surface area contributed by atoms with Crippen molar-refractivity contribution < 1.29 is 9.59 Å². The highest BCUT2D eigenvalue weighted by atomic mass is 16.2. The molecular weight excluding hydrogens is 386 g/mol. The first kappa shape index (κ1) is 21.6. The van der Waals surface area contributed by atoms with Gasteiger partial charge in [-0.1, -0.05) is 66.6 Å². The van der Waals surface area contributed by atoms with Gasteiger partial charge in [-0.15, -0.1) is 0 Å². The maximum absolute atomic E-state index is 12.6. The van der Waals surface area contributed by atoms with Gasteiger partial charge < -0.3 is 10.2 Å². The third-order valence-electron chi connectivity index (χ3n) is 6.89. The summed E-state index contributed by atoms with van der Waals surface area (Å²) in [5, 5.41) is 3.18. The summed E-state index contributed by atoms with van der Waals surface area (Å²) in [6.45, 7) is 6.04. The van der Waals surface area contributed by atoms with Gasteiger partial charge in [-0.25, -0.2) is 0 Å². The maximum Gasteiger partial charge on any atom is 0.234 e. The fourth-order valence-corrected chi connectivity index (χ4v) is 4.64. The van der Waals surface area contributed by atoms with Gasteiger partial charge in [-0.05, 0) is 30.9 Å². The highest BCUT2D eigenvalue weighted by Crippen LogP contribution is 2.43. The van der Waals surface area contributed by atoms with E-state index in [1.54, 1.807) is 0 Å². The van der Waals surface area contributed by atoms with Crippen LogP contribution in [0.4, 0.5) is 0 Å². The first-order valence-corrected chi connectivity index (χ1v) is 11.4. The van der Waals surface area contributed by atoms with Gasteiger partial charge in [-0.2, -0.15) is 0 Å². The Balaban J connectivity index is 1.20. The van der Waals surface area contributed by atoms with Crippen molar-refractivity contribution >= 4 is 11.8 Å². The lowest BCUT2D eigenvalue weighted by molar-refractivity contribution is -0.132. The molecular formula is C26H33N3O2. The van der Waals surface area contributed by atoms with Crippen LogP contribution in [-0.4, -0.2) is 60.9 Å². The van der Waals surface area contributed by atoms with Gasteiger partial charge in [0, 0.05) is 38.1 Å². The Morgan fingerprint density at radius 1 is 0.935 bits per heavy atom. The average molecular weight is 420 g/mol. The van der Waals surface area contributed by atoms with Crippen LogP contribution in [0.5, 0.6) is 0 Å². The van der Waals surface area contributed by atoms with E-state index < -0.39 is 0 Å². The fourth-order valence-electron chi connectivity index (χ4n) is 4.64. The van der Waals surface area contributed by atoms with Gasteiger partial charge in [-0.3, -0.25) is 14.5 Å². The van der Waals surface area contributed by atoms with Crippen molar-refractivity contribution in [3.8, 4) is 0 Å². The van der Waals surface area contributed by atoms with Gasteiger partial charge in [0.2, 0.25) is 11.8 Å². The molecule has 31 heavy (non-hydrogen) atoms. The average Bonchev–Trinajstić information content (AvgIpc) is 2.76. The predicted octanol–water partition coefficient (Wildman–Crippen LogP) is 2.92. The molecule has 1 heterocycles. The number of piperazine rings is 1. The zero-order chi connectivity index (χ0) is 21.7. The molecule has 0 spiro atoms. The Hall–Kier alpha value is -2.66. The molecule has 164 valence electrons. The van der Waals surface area contributed by atoms with Crippen LogP contribution >= 0.6 is 0 Å². The fraction of sp³-hybridized carbons (Fsp3) is 0.462. The van der Waals surface area contributed by atoms with Crippen molar-refractivity contribution in [1.29, 1.82) is 0 Å². The molecule has 4 rings (SSSR count). The van der Waals surface area contributed by atoms with E-state index in [1.807, 2.05) is 35.2 Å². The second-order valence-corrected chi connectivity index (χ2v) is 9.10. The Morgan fingerprint density at radius 2 is 1.61 bits per heavy atom. The van der Waals surface area contributed by atoms with E-state index >= 15 is 0 Å². The Labute approximate surface area is 185 Å². The summed E-state index contributed by atoms with van der Waals surface area (Å²) >= 11 is 0. The molecule has 5 nitrogen and oxygen atoms in total. The first-order chi connectivity index (χ1) is 15.0. The Kier molecular flexibility index (Phi) is 6.71. The van der Waals surface area contributed by atoms with Crippen LogP contribution in [0.3, 0.4) is 0 Å². The number of hydrogen-bond acceptors (Lipinski definition) is 3. The number of aryl methyl sites for hydroxylation is 1. The van der Waals surface area contributed by atoms with Crippen LogP contribution in [0.1, 0.15) is 36.0 Å². The first-order valence-electron chi connectivity index (χ1n) is 11.4. The Bertz CT molecular complexity index is 883. The number of carbonyl (C=O) groups is 2. The van der Waals surface area contributed by atoms with Crippen LogP contribution in [0, 0.1) is 6.92 Å². The molecule has 0 unspecified atom stereocenters. The third kappa shape index (κ3) is 5.34. The van der Waals surface area contributed by atoms with Crippen LogP contribution < -0.4 is 5.32 Å². The topological polar surface area (TPSA) is 52.7 Å². The molecule has 5 heteroatoms. The lowest BCUT2D eigenvalue weighted by Crippen LogP contribution is -2.52. The lowest BCUT2D eigenvalue weighted by Gasteiger charge is -2.43. The summed E-state index contributed by atoms with van der Waals surface area (Å²) in [5.41, 5.74) is 3.70. The SMILES string of the molecule is Cc1ccc(CC(=O)N2CCN(CC(=O)NCC3(c4ccccc4)CCC3)CC2)cc1. The number of nitrogens with zero attached hydrogens (tertiary/aromatic N) is 2. The molecule has 2 aliphatic rings. The number of rotatable bonds is 7. The molecule has 1 aliphatic carbocycles. The van der Waals surface area contributed by atoms with Crippen molar-refractivity contribution in [2.45, 2.75) is 38.0 Å². The van der Waals surface area contributed by atoms with Crippen molar-refractivity contribution in [3.63, 3.8) is 0 Å². The summed E-state index contributed by atoms with van der Waals surface area (Å²) in [6.07, 6.45) is 3.95. The number of benzene rings is 2. The summed E-state index contributed by atoms with van der Waals surface area (Å²) in [4.78, 5) is 29.3. The largest absolute Gasteiger partial charge is 0.354 e. The summed E-state index contributed by atoms with van der Waals surface area (Å²) in [6, 6.07) is 18.7. The van der Waals surface area contributed by atoms with E-state index in [0.717, 1.165) is 31.5 Å². The molecule has 2 fully saturated rings. The standard InChI is InChI=1S/C26H33N3O2/c1-21-8-10-22(11-9-21)18-25(31)29-16-14-28(15-17-29)19-24(30)27-20-26(12-5-13-26)23-6-3-2-4-7-23/h2-4,6-11H,5,12-20H2,1H3,(H,27,30). The summed E-state index contributed by atoms with van der Waals surface area (Å²) < 4.78 is 0. The second-order valence-electron chi connectivity index (χ2n) is 9.10. The quantitative estimate of drug-likeness (QED) is 0.751. The predicted molar refractivity (Wildman–Crippen MR) is 123 cm³/mol. The van der Waals surface area contributed by atoms with Crippen molar-refractivity contribution in [2.75, 3.05) is 39.3 Å². The molecule has 0 aromatic heterocycles. The molecule has 0 radical (unpaired) electrons. The molecule has 2 aromatic rings. The van der Waals surface area contributed by atoms with Crippen LogP contribution in [0.2, 0.25) is 0 Å². The van der Waals surface area contributed by atoms with Gasteiger partial charge >= 0.3 is 0 Å². The molecule has 1 N–H and O–H groups in total. The second kappa shape index (κ2) is 9.65. The van der Waals surface area contributed by atoms with Crippen LogP contribution in [0.25, 0.3) is 0 Å². The zero-order valence-electron chi connectivity index (χ0n) is 18.5. The molecule has 1 saturated carbocycles. The molecule has 2 aromatic carbocycles. The number of carbonyl (C=O) groups excluding carboxylic acids is 2. The maximum atomic E-state index is 12.6. The van der Waals surface area contributed by atoms with E-state index in [0.29, 0.717) is 32.6 Å². The van der Waals surface area contributed by atoms with E-state index in [4.69, 9.17) is 0 Å². The van der Waals surface area contributed by atoms with Crippen LogP contribution in [0.15, 0.2) is 54.6 Å². The third-order valence-corrected chi connectivity index (χ3v) is 6.89. The Morgan fingerprint density at radius 3 is 2.23 bits per heavy atom. The minimum atomic E-state index is 0.0849. The highest BCUT2D eigenvalue weighted by molar-refractivity contribution is 5.79. The number of nitrogens with one attached hydrogen (secondary N) is 1. The van der Waals surface area contributed by atoms with Gasteiger partial charge in [0.15, 0.2) is 0 Å². The van der Waals surface area contributed by atoms with E-state index in [2.05, 4.69) is 41.4 Å². The minimum absolute atomic E-state index is 0.0849. The molecule has 0 atom stereocenters. The molecule has 1 saturated heterocycles. The molecule has 1 aliphatic heterocycles. The van der Waals surface area contributed by atoms with Crippen molar-refractivity contribution in [1.82, 2.24) is 15.1 Å². The smallest absolute Gasteiger partial charge is 0.234 e.